The molecule has 4 nitrogen and oxygen atoms in total. The summed E-state index contributed by atoms with van der Waals surface area (Å²) >= 11 is 5.13. The highest BCUT2D eigenvalue weighted by Crippen LogP contribution is 2.04. The van der Waals surface area contributed by atoms with E-state index in [2.05, 4.69) is 46.5 Å². The van der Waals surface area contributed by atoms with Crippen LogP contribution in [0.1, 0.15) is 30.8 Å². The second kappa shape index (κ2) is 5.73. The fraction of sp³-hybridized carbons (Fsp3) is 0.308. The van der Waals surface area contributed by atoms with E-state index < -0.39 is 0 Å². The van der Waals surface area contributed by atoms with Crippen molar-refractivity contribution < 1.29 is 0 Å². The Hall–Kier alpha value is -1.75. The van der Waals surface area contributed by atoms with Crippen LogP contribution in [0.2, 0.25) is 0 Å². The second-order valence-electron chi connectivity index (χ2n) is 3.95. The quantitative estimate of drug-likeness (QED) is 0.678. The summed E-state index contributed by atoms with van der Waals surface area (Å²) in [5.41, 5.74) is 2.37. The number of aromatic nitrogens is 3. The second-order valence-corrected chi connectivity index (χ2v) is 4.34. The minimum Gasteiger partial charge on any atom is -0.250 e. The number of rotatable bonds is 4. The molecule has 5 heteroatoms. The molecule has 0 radical (unpaired) electrons. The van der Waals surface area contributed by atoms with Crippen LogP contribution in [0.4, 0.5) is 0 Å². The third-order valence-corrected chi connectivity index (χ3v) is 3.01. The highest BCUT2D eigenvalue weighted by atomic mass is 32.1. The lowest BCUT2D eigenvalue weighted by atomic mass is 10.1. The van der Waals surface area contributed by atoms with Gasteiger partial charge in [0.25, 0.3) is 0 Å². The molecule has 0 spiro atoms. The lowest BCUT2D eigenvalue weighted by molar-refractivity contribution is 0.780. The predicted octanol–water partition coefficient (Wildman–Crippen LogP) is 2.95. The number of nitrogens with one attached hydrogen (secondary N) is 1. The summed E-state index contributed by atoms with van der Waals surface area (Å²) in [6.07, 6.45) is 3.63. The fourth-order valence-corrected chi connectivity index (χ4v) is 1.83. The molecule has 0 bridgehead atoms. The number of benzene rings is 1. The predicted molar refractivity (Wildman–Crippen MR) is 75.6 cm³/mol. The Kier molecular flexibility index (Phi) is 4.04. The van der Waals surface area contributed by atoms with Gasteiger partial charge in [-0.25, -0.2) is 0 Å². The van der Waals surface area contributed by atoms with Crippen LogP contribution in [0.5, 0.6) is 0 Å². The molecule has 0 aliphatic carbocycles. The van der Waals surface area contributed by atoms with Crippen molar-refractivity contribution in [1.29, 1.82) is 0 Å². The number of hydrogen-bond acceptors (Lipinski definition) is 3. The molecule has 0 unspecified atom stereocenters. The van der Waals surface area contributed by atoms with Crippen LogP contribution in [0.3, 0.4) is 0 Å². The lowest BCUT2D eigenvalue weighted by Crippen LogP contribution is -1.97. The minimum absolute atomic E-state index is 0.522. The van der Waals surface area contributed by atoms with E-state index in [1.54, 1.807) is 10.9 Å². The Labute approximate surface area is 111 Å². The Bertz CT molecular complexity index is 592. The maximum Gasteiger partial charge on any atom is 0.216 e. The molecular formula is C13H16N4S. The number of H-pyrrole nitrogens is 1. The summed E-state index contributed by atoms with van der Waals surface area (Å²) in [7, 11) is 0. The van der Waals surface area contributed by atoms with Crippen LogP contribution in [0, 0.1) is 4.77 Å². The van der Waals surface area contributed by atoms with Gasteiger partial charge in [-0.2, -0.15) is 14.9 Å². The van der Waals surface area contributed by atoms with Gasteiger partial charge in [0.2, 0.25) is 4.77 Å². The third kappa shape index (κ3) is 2.73. The molecule has 18 heavy (non-hydrogen) atoms. The first-order chi connectivity index (χ1) is 8.74. The number of hydrogen-bond donors (Lipinski definition) is 1. The first kappa shape index (κ1) is 12.7. The van der Waals surface area contributed by atoms with E-state index in [1.807, 2.05) is 6.92 Å². The van der Waals surface area contributed by atoms with Crippen LogP contribution in [-0.2, 0) is 12.8 Å². The van der Waals surface area contributed by atoms with E-state index in [4.69, 9.17) is 12.2 Å². The van der Waals surface area contributed by atoms with Gasteiger partial charge in [0.15, 0.2) is 5.82 Å². The molecule has 1 aromatic carbocycles. The molecule has 0 atom stereocenters. The zero-order chi connectivity index (χ0) is 13.0. The monoisotopic (exact) mass is 260 g/mol. The van der Waals surface area contributed by atoms with Crippen molar-refractivity contribution in [2.24, 2.45) is 5.10 Å². The zero-order valence-electron chi connectivity index (χ0n) is 10.6. The molecule has 0 amide bonds. The molecule has 0 aliphatic heterocycles. The first-order valence-electron chi connectivity index (χ1n) is 6.04. The minimum atomic E-state index is 0.522. The van der Waals surface area contributed by atoms with Gasteiger partial charge in [-0.05, 0) is 29.8 Å². The summed E-state index contributed by atoms with van der Waals surface area (Å²) in [6, 6.07) is 8.32. The normalized spacial score (nSPS) is 11.2. The zero-order valence-corrected chi connectivity index (χ0v) is 11.4. The van der Waals surface area contributed by atoms with E-state index in [1.165, 1.54) is 5.56 Å². The van der Waals surface area contributed by atoms with E-state index in [0.717, 1.165) is 24.2 Å². The average Bonchev–Trinajstić information content (AvgIpc) is 2.77. The molecule has 0 aliphatic rings. The van der Waals surface area contributed by atoms with Gasteiger partial charge in [0, 0.05) is 6.42 Å². The van der Waals surface area contributed by atoms with Crippen LogP contribution >= 0.6 is 12.2 Å². The van der Waals surface area contributed by atoms with Gasteiger partial charge < -0.3 is 0 Å². The van der Waals surface area contributed by atoms with Crippen molar-refractivity contribution in [3.8, 4) is 0 Å². The van der Waals surface area contributed by atoms with Crippen LogP contribution in [0.15, 0.2) is 29.4 Å². The van der Waals surface area contributed by atoms with Crippen LogP contribution < -0.4 is 0 Å². The van der Waals surface area contributed by atoms with E-state index in [0.29, 0.717) is 4.77 Å². The van der Waals surface area contributed by atoms with Crippen molar-refractivity contribution in [2.45, 2.75) is 26.7 Å². The third-order valence-electron chi connectivity index (χ3n) is 2.74. The van der Waals surface area contributed by atoms with Crippen molar-refractivity contribution in [3.05, 3.63) is 46.0 Å². The topological polar surface area (TPSA) is 46.0 Å². The highest BCUT2D eigenvalue weighted by Gasteiger charge is 2.00. The molecule has 0 fully saturated rings. The summed E-state index contributed by atoms with van der Waals surface area (Å²) in [4.78, 5) is 0. The largest absolute Gasteiger partial charge is 0.250 e. The number of aromatic amines is 1. The molecule has 0 saturated carbocycles. The molecule has 1 aromatic heterocycles. The highest BCUT2D eigenvalue weighted by molar-refractivity contribution is 7.71. The van der Waals surface area contributed by atoms with Crippen LogP contribution in [-0.4, -0.2) is 21.1 Å². The molecule has 2 rings (SSSR count). The maximum absolute atomic E-state index is 5.13. The Morgan fingerprint density at radius 2 is 2.00 bits per heavy atom. The van der Waals surface area contributed by atoms with Gasteiger partial charge in [-0.3, -0.25) is 5.10 Å². The first-order valence-corrected chi connectivity index (χ1v) is 6.45. The SMILES string of the molecule is CCc1ccc(/C=N\n2c(CC)n[nH]c2=S)cc1. The van der Waals surface area contributed by atoms with Crippen molar-refractivity contribution in [3.63, 3.8) is 0 Å². The molecule has 1 heterocycles. The van der Waals surface area contributed by atoms with Crippen molar-refractivity contribution >= 4 is 18.4 Å². The summed E-state index contributed by atoms with van der Waals surface area (Å²) in [5, 5.41) is 11.2. The maximum atomic E-state index is 5.13. The average molecular weight is 260 g/mol. The standard InChI is InChI=1S/C13H16N4S/c1-3-10-5-7-11(8-6-10)9-14-17-12(4-2)15-16-13(17)18/h5-9H,3-4H2,1-2H3,(H,16,18)/b14-9-. The van der Waals surface area contributed by atoms with Gasteiger partial charge in [0.05, 0.1) is 6.21 Å². The molecule has 1 N–H and O–H groups in total. The summed E-state index contributed by atoms with van der Waals surface area (Å²) < 4.78 is 2.18. The summed E-state index contributed by atoms with van der Waals surface area (Å²) in [6.45, 7) is 4.16. The summed E-state index contributed by atoms with van der Waals surface area (Å²) in [5.74, 6) is 0.835. The Balaban J connectivity index is 2.24. The van der Waals surface area contributed by atoms with Gasteiger partial charge in [-0.1, -0.05) is 38.1 Å². The van der Waals surface area contributed by atoms with Gasteiger partial charge in [-0.15, -0.1) is 0 Å². The van der Waals surface area contributed by atoms with Crippen LogP contribution in [0.25, 0.3) is 0 Å². The number of aryl methyl sites for hydroxylation is 2. The molecule has 0 saturated heterocycles. The Morgan fingerprint density at radius 1 is 1.28 bits per heavy atom. The van der Waals surface area contributed by atoms with Crippen molar-refractivity contribution in [2.75, 3.05) is 0 Å². The fourth-order valence-electron chi connectivity index (χ4n) is 1.64. The Morgan fingerprint density at radius 3 is 2.61 bits per heavy atom. The smallest absolute Gasteiger partial charge is 0.216 e. The molecular weight excluding hydrogens is 244 g/mol. The molecule has 94 valence electrons. The van der Waals surface area contributed by atoms with E-state index in [9.17, 15) is 0 Å². The van der Waals surface area contributed by atoms with Crippen molar-refractivity contribution in [1.82, 2.24) is 14.9 Å². The molecule has 2 aromatic rings. The van der Waals surface area contributed by atoms with E-state index in [-0.39, 0.29) is 0 Å². The number of nitrogens with zero attached hydrogens (tertiary/aromatic N) is 3. The lowest BCUT2D eigenvalue weighted by Gasteiger charge is -1.98. The van der Waals surface area contributed by atoms with Gasteiger partial charge in [0.1, 0.15) is 0 Å². The van der Waals surface area contributed by atoms with E-state index >= 15 is 0 Å². The van der Waals surface area contributed by atoms with Gasteiger partial charge >= 0.3 is 0 Å².